The molecule has 0 fully saturated rings. The molecule has 0 unspecified atom stereocenters. The first-order valence-electron chi connectivity index (χ1n) is 12.3. The number of nitro benzene ring substituents is 1. The van der Waals surface area contributed by atoms with Gasteiger partial charge in [0.1, 0.15) is 29.6 Å². The molecule has 0 saturated heterocycles. The van der Waals surface area contributed by atoms with E-state index in [4.69, 9.17) is 13.9 Å². The summed E-state index contributed by atoms with van der Waals surface area (Å²) in [5.41, 5.74) is 2.96. The monoisotopic (exact) mass is 522 g/mol. The summed E-state index contributed by atoms with van der Waals surface area (Å²) in [5, 5.41) is 16.4. The van der Waals surface area contributed by atoms with Crippen LogP contribution in [0.4, 0.5) is 11.4 Å². The van der Waals surface area contributed by atoms with Crippen LogP contribution in [0.15, 0.2) is 89.3 Å². The Morgan fingerprint density at radius 2 is 1.69 bits per heavy atom. The number of anilines is 1. The minimum Gasteiger partial charge on any atom is -0.486 e. The van der Waals surface area contributed by atoms with Crippen molar-refractivity contribution in [1.29, 1.82) is 0 Å². The molecule has 1 aromatic heterocycles. The Labute approximate surface area is 224 Å². The second-order valence-corrected chi connectivity index (χ2v) is 9.30. The topological polar surface area (TPSA) is 104 Å². The van der Waals surface area contributed by atoms with Gasteiger partial charge in [0.15, 0.2) is 5.76 Å². The third-order valence-electron chi connectivity index (χ3n) is 6.34. The Balaban J connectivity index is 1.29. The Kier molecular flexibility index (Phi) is 7.01. The largest absolute Gasteiger partial charge is 0.486 e. The molecule has 4 aromatic carbocycles. The number of benzene rings is 4. The van der Waals surface area contributed by atoms with Crippen LogP contribution in [0, 0.1) is 30.9 Å². The Bertz CT molecular complexity index is 1710. The predicted octanol–water partition coefficient (Wildman–Crippen LogP) is 7.89. The molecule has 0 atom stereocenters. The maximum absolute atomic E-state index is 12.9. The zero-order valence-electron chi connectivity index (χ0n) is 21.7. The molecule has 0 aliphatic rings. The van der Waals surface area contributed by atoms with Crippen LogP contribution in [-0.4, -0.2) is 10.8 Å². The summed E-state index contributed by atoms with van der Waals surface area (Å²) in [5.74, 6) is 1.46. The molecular formula is C31H26N2O6. The van der Waals surface area contributed by atoms with Crippen molar-refractivity contribution >= 4 is 28.1 Å². The number of rotatable bonds is 8. The van der Waals surface area contributed by atoms with Crippen LogP contribution in [0.25, 0.3) is 10.8 Å². The van der Waals surface area contributed by atoms with Crippen molar-refractivity contribution in [3.8, 4) is 17.2 Å². The van der Waals surface area contributed by atoms with Crippen LogP contribution in [-0.2, 0) is 6.61 Å². The van der Waals surface area contributed by atoms with Gasteiger partial charge in [0.25, 0.3) is 11.6 Å². The highest BCUT2D eigenvalue weighted by Crippen LogP contribution is 2.33. The normalized spacial score (nSPS) is 10.8. The molecule has 0 spiro atoms. The van der Waals surface area contributed by atoms with Gasteiger partial charge in [0, 0.05) is 12.1 Å². The molecular weight excluding hydrogens is 496 g/mol. The number of hydrogen-bond acceptors (Lipinski definition) is 6. The van der Waals surface area contributed by atoms with E-state index in [1.165, 1.54) is 24.3 Å². The Hall–Kier alpha value is -5.11. The highest BCUT2D eigenvalue weighted by Gasteiger charge is 2.17. The summed E-state index contributed by atoms with van der Waals surface area (Å²) in [7, 11) is 0. The average Bonchev–Trinajstić information content (AvgIpc) is 3.39. The molecule has 1 heterocycles. The number of hydrogen-bond donors (Lipinski definition) is 1. The average molecular weight is 523 g/mol. The summed E-state index contributed by atoms with van der Waals surface area (Å²) in [4.78, 5) is 23.9. The number of nitrogens with one attached hydrogen (secondary N) is 1. The Morgan fingerprint density at radius 3 is 2.49 bits per heavy atom. The zero-order valence-corrected chi connectivity index (χ0v) is 21.7. The standard InChI is InChI=1S/C31H26N2O6/c1-19-12-20(2)21(3)30(13-19)39-28-16-24(15-25(17-28)33(35)36)32-31(34)29-11-10-27(38-29)18-37-26-9-8-22-6-4-5-7-23(22)14-26/h4-17H,18H2,1-3H3,(H,32,34). The van der Waals surface area contributed by atoms with Crippen LogP contribution in [0.2, 0.25) is 0 Å². The van der Waals surface area contributed by atoms with Crippen molar-refractivity contribution in [3.05, 3.63) is 123 Å². The van der Waals surface area contributed by atoms with Gasteiger partial charge in [-0.15, -0.1) is 0 Å². The van der Waals surface area contributed by atoms with Crippen molar-refractivity contribution in [2.45, 2.75) is 27.4 Å². The first-order chi connectivity index (χ1) is 18.7. The second-order valence-electron chi connectivity index (χ2n) is 9.30. The van der Waals surface area contributed by atoms with Gasteiger partial charge in [-0.3, -0.25) is 14.9 Å². The number of nitrogens with zero attached hydrogens (tertiary/aromatic N) is 1. The van der Waals surface area contributed by atoms with Crippen LogP contribution >= 0.6 is 0 Å². The predicted molar refractivity (Wildman–Crippen MR) is 149 cm³/mol. The summed E-state index contributed by atoms with van der Waals surface area (Å²) in [6.45, 7) is 5.97. The zero-order chi connectivity index (χ0) is 27.5. The SMILES string of the molecule is Cc1cc(C)c(C)c(Oc2cc(NC(=O)c3ccc(COc4ccc5ccccc5c4)o3)cc([N+](=O)[O-])c2)c1. The van der Waals surface area contributed by atoms with Crippen LogP contribution in [0.1, 0.15) is 33.0 Å². The molecule has 5 aromatic rings. The van der Waals surface area contributed by atoms with Crippen molar-refractivity contribution in [2.24, 2.45) is 0 Å². The molecule has 39 heavy (non-hydrogen) atoms. The van der Waals surface area contributed by atoms with Gasteiger partial charge >= 0.3 is 0 Å². The highest BCUT2D eigenvalue weighted by molar-refractivity contribution is 6.02. The van der Waals surface area contributed by atoms with E-state index in [2.05, 4.69) is 5.32 Å². The number of furan rings is 1. The number of fused-ring (bicyclic) bond motifs is 1. The van der Waals surface area contributed by atoms with E-state index in [-0.39, 0.29) is 29.5 Å². The smallest absolute Gasteiger partial charge is 0.291 e. The van der Waals surface area contributed by atoms with Crippen LogP contribution in [0.5, 0.6) is 17.2 Å². The van der Waals surface area contributed by atoms with Gasteiger partial charge in [-0.2, -0.15) is 0 Å². The fourth-order valence-electron chi connectivity index (χ4n) is 4.24. The molecule has 196 valence electrons. The number of ether oxygens (including phenoxy) is 2. The molecule has 0 aliphatic heterocycles. The van der Waals surface area contributed by atoms with Gasteiger partial charge in [0.2, 0.25) is 0 Å². The highest BCUT2D eigenvalue weighted by atomic mass is 16.6. The van der Waals surface area contributed by atoms with E-state index >= 15 is 0 Å². The summed E-state index contributed by atoms with van der Waals surface area (Å²) in [6, 6.07) is 25.0. The lowest BCUT2D eigenvalue weighted by Gasteiger charge is -2.13. The lowest BCUT2D eigenvalue weighted by molar-refractivity contribution is -0.384. The number of non-ortho nitro benzene ring substituents is 1. The summed E-state index contributed by atoms with van der Waals surface area (Å²) >= 11 is 0. The van der Waals surface area contributed by atoms with E-state index in [1.54, 1.807) is 6.07 Å². The summed E-state index contributed by atoms with van der Waals surface area (Å²) < 4.78 is 17.5. The Morgan fingerprint density at radius 1 is 0.897 bits per heavy atom. The van der Waals surface area contributed by atoms with E-state index in [0.29, 0.717) is 17.3 Å². The fourth-order valence-corrected chi connectivity index (χ4v) is 4.24. The van der Waals surface area contributed by atoms with E-state index in [0.717, 1.165) is 27.5 Å². The number of carbonyl (C=O) groups excluding carboxylic acids is 1. The van der Waals surface area contributed by atoms with Crippen molar-refractivity contribution in [3.63, 3.8) is 0 Å². The third-order valence-corrected chi connectivity index (χ3v) is 6.34. The molecule has 5 rings (SSSR count). The third kappa shape index (κ3) is 5.91. The minimum absolute atomic E-state index is 0.0474. The van der Waals surface area contributed by atoms with Gasteiger partial charge in [-0.1, -0.05) is 36.4 Å². The number of amides is 1. The maximum atomic E-state index is 12.9. The van der Waals surface area contributed by atoms with Gasteiger partial charge in [-0.05, 0) is 78.6 Å². The van der Waals surface area contributed by atoms with Crippen molar-refractivity contribution in [2.75, 3.05) is 5.32 Å². The molecule has 0 aliphatic carbocycles. The van der Waals surface area contributed by atoms with E-state index < -0.39 is 10.8 Å². The molecule has 8 heteroatoms. The maximum Gasteiger partial charge on any atom is 0.291 e. The van der Waals surface area contributed by atoms with Gasteiger partial charge in [-0.25, -0.2) is 0 Å². The number of aryl methyl sites for hydroxylation is 2. The quantitative estimate of drug-likeness (QED) is 0.164. The summed E-state index contributed by atoms with van der Waals surface area (Å²) in [6.07, 6.45) is 0. The number of carbonyl (C=O) groups is 1. The van der Waals surface area contributed by atoms with Crippen LogP contribution < -0.4 is 14.8 Å². The van der Waals surface area contributed by atoms with E-state index in [1.807, 2.05) is 75.4 Å². The lowest BCUT2D eigenvalue weighted by Crippen LogP contribution is -2.11. The minimum atomic E-state index is -0.555. The van der Waals surface area contributed by atoms with Crippen LogP contribution in [0.3, 0.4) is 0 Å². The second kappa shape index (κ2) is 10.7. The van der Waals surface area contributed by atoms with Crippen molar-refractivity contribution in [1.82, 2.24) is 0 Å². The molecule has 1 N–H and O–H groups in total. The lowest BCUT2D eigenvalue weighted by atomic mass is 10.1. The van der Waals surface area contributed by atoms with Gasteiger partial charge < -0.3 is 19.2 Å². The van der Waals surface area contributed by atoms with Crippen molar-refractivity contribution < 1.29 is 23.6 Å². The molecule has 0 radical (unpaired) electrons. The molecule has 8 nitrogen and oxygen atoms in total. The fraction of sp³-hybridized carbons (Fsp3) is 0.129. The van der Waals surface area contributed by atoms with Gasteiger partial charge in [0.05, 0.1) is 16.7 Å². The number of nitro groups is 1. The molecule has 1 amide bonds. The van der Waals surface area contributed by atoms with E-state index in [9.17, 15) is 14.9 Å². The molecule has 0 saturated carbocycles. The first-order valence-corrected chi connectivity index (χ1v) is 12.3. The molecule has 0 bridgehead atoms. The first kappa shape index (κ1) is 25.5.